The topological polar surface area (TPSA) is 92.7 Å². The Hall–Kier alpha value is -1.35. The first kappa shape index (κ1) is 15.5. The Morgan fingerprint density at radius 1 is 1.27 bits per heavy atom. The van der Waals surface area contributed by atoms with Crippen LogP contribution in [0.15, 0.2) is 12.0 Å². The number of hydrogen-bond acceptors (Lipinski definition) is 7. The van der Waals surface area contributed by atoms with E-state index in [2.05, 4.69) is 0 Å². The smallest absolute Gasteiger partial charge is 0.329 e. The van der Waals surface area contributed by atoms with Crippen molar-refractivity contribution in [2.24, 2.45) is 0 Å². The Morgan fingerprint density at radius 3 is 2.59 bits per heavy atom. The average Bonchev–Trinajstić information content (AvgIpc) is 2.96. The van der Waals surface area contributed by atoms with Gasteiger partial charge in [-0.3, -0.25) is 0 Å². The van der Waals surface area contributed by atoms with Gasteiger partial charge < -0.3 is 33.5 Å². The highest BCUT2D eigenvalue weighted by molar-refractivity contribution is 5.68. The molecule has 0 spiro atoms. The summed E-state index contributed by atoms with van der Waals surface area (Å²) >= 11 is 0. The van der Waals surface area contributed by atoms with Gasteiger partial charge in [0.25, 0.3) is 0 Å². The van der Waals surface area contributed by atoms with E-state index in [1.54, 1.807) is 27.7 Å². The lowest BCUT2D eigenvalue weighted by Gasteiger charge is -2.26. The maximum absolute atomic E-state index is 10.8. The quantitative estimate of drug-likeness (QED) is 0.820. The van der Waals surface area contributed by atoms with Gasteiger partial charge in [0.2, 0.25) is 5.79 Å². The van der Waals surface area contributed by atoms with E-state index >= 15 is 0 Å². The van der Waals surface area contributed by atoms with Crippen molar-refractivity contribution in [2.45, 2.75) is 63.9 Å². The number of carboxylic acid groups (broad SMARTS) is 1. The first-order valence-corrected chi connectivity index (χ1v) is 7.08. The van der Waals surface area contributed by atoms with Crippen LogP contribution in [-0.2, 0) is 33.2 Å². The standard InChI is InChI=1S/C14H20O8/c1-13(2)18-5-7(20-13)9-10(17-6-8(15)16)11-12(19-9)22-14(3,4)21-11/h5,9-12H,6H2,1-4H3,(H,15,16)/t9-,10-,11+,12+/m0/s1. The Balaban J connectivity index is 1.77. The summed E-state index contributed by atoms with van der Waals surface area (Å²) in [5.41, 5.74) is 0. The summed E-state index contributed by atoms with van der Waals surface area (Å²) in [6, 6.07) is 0. The molecule has 0 aromatic heterocycles. The average molecular weight is 316 g/mol. The minimum absolute atomic E-state index is 0.430. The van der Waals surface area contributed by atoms with Crippen molar-refractivity contribution in [1.29, 1.82) is 0 Å². The molecule has 0 bridgehead atoms. The summed E-state index contributed by atoms with van der Waals surface area (Å²) in [6.45, 7) is 6.57. The lowest BCUT2D eigenvalue weighted by molar-refractivity contribution is -0.221. The highest BCUT2D eigenvalue weighted by Gasteiger charge is 2.58. The predicted molar refractivity (Wildman–Crippen MR) is 70.4 cm³/mol. The van der Waals surface area contributed by atoms with Crippen molar-refractivity contribution >= 4 is 5.97 Å². The van der Waals surface area contributed by atoms with Gasteiger partial charge in [0.15, 0.2) is 17.8 Å². The van der Waals surface area contributed by atoms with Crippen molar-refractivity contribution in [3.63, 3.8) is 0 Å². The van der Waals surface area contributed by atoms with E-state index in [4.69, 9.17) is 33.5 Å². The molecule has 2 fully saturated rings. The Kier molecular flexibility index (Phi) is 3.59. The van der Waals surface area contributed by atoms with E-state index in [9.17, 15) is 4.79 Å². The second-order valence-corrected chi connectivity index (χ2v) is 6.33. The number of carboxylic acids is 1. The number of rotatable bonds is 4. The van der Waals surface area contributed by atoms with Gasteiger partial charge in [0.1, 0.15) is 31.2 Å². The van der Waals surface area contributed by atoms with Crippen LogP contribution in [0, 0.1) is 0 Å². The molecule has 0 aromatic rings. The van der Waals surface area contributed by atoms with Crippen molar-refractivity contribution < 1.29 is 38.3 Å². The van der Waals surface area contributed by atoms with Crippen LogP contribution in [0.5, 0.6) is 0 Å². The molecule has 0 aliphatic carbocycles. The summed E-state index contributed by atoms with van der Waals surface area (Å²) in [6.07, 6.45) is -1.04. The van der Waals surface area contributed by atoms with Gasteiger partial charge in [-0.25, -0.2) is 4.79 Å². The zero-order valence-electron chi connectivity index (χ0n) is 12.9. The first-order valence-electron chi connectivity index (χ1n) is 7.08. The normalized spacial score (nSPS) is 38.1. The summed E-state index contributed by atoms with van der Waals surface area (Å²) < 4.78 is 33.7. The molecular formula is C14H20O8. The van der Waals surface area contributed by atoms with Crippen molar-refractivity contribution in [2.75, 3.05) is 6.61 Å². The largest absolute Gasteiger partial charge is 0.480 e. The van der Waals surface area contributed by atoms with E-state index in [0.717, 1.165) is 0 Å². The van der Waals surface area contributed by atoms with Crippen LogP contribution in [-0.4, -0.2) is 53.9 Å². The molecular weight excluding hydrogens is 296 g/mol. The molecule has 0 unspecified atom stereocenters. The molecule has 3 aliphatic rings. The molecule has 0 radical (unpaired) electrons. The molecule has 0 aromatic carbocycles. The molecule has 2 saturated heterocycles. The van der Waals surface area contributed by atoms with Crippen molar-refractivity contribution in [1.82, 2.24) is 0 Å². The van der Waals surface area contributed by atoms with Gasteiger partial charge in [-0.15, -0.1) is 0 Å². The molecule has 8 nitrogen and oxygen atoms in total. The number of fused-ring (bicyclic) bond motifs is 1. The Bertz CT molecular complexity index is 497. The van der Waals surface area contributed by atoms with Gasteiger partial charge in [0, 0.05) is 13.8 Å². The van der Waals surface area contributed by atoms with E-state index in [1.165, 1.54) is 6.26 Å². The fourth-order valence-corrected chi connectivity index (χ4v) is 2.71. The monoisotopic (exact) mass is 316 g/mol. The lowest BCUT2D eigenvalue weighted by atomic mass is 10.1. The molecule has 4 atom stereocenters. The fraction of sp³-hybridized carbons (Fsp3) is 0.786. The minimum atomic E-state index is -1.07. The van der Waals surface area contributed by atoms with Crippen LogP contribution in [0.4, 0.5) is 0 Å². The van der Waals surface area contributed by atoms with Gasteiger partial charge >= 0.3 is 5.97 Å². The van der Waals surface area contributed by atoms with Crippen LogP contribution in [0.3, 0.4) is 0 Å². The van der Waals surface area contributed by atoms with Crippen LogP contribution in [0.1, 0.15) is 27.7 Å². The second-order valence-electron chi connectivity index (χ2n) is 6.33. The molecule has 22 heavy (non-hydrogen) atoms. The molecule has 3 aliphatic heterocycles. The highest BCUT2D eigenvalue weighted by Crippen LogP contribution is 2.42. The fourth-order valence-electron chi connectivity index (χ4n) is 2.71. The molecule has 124 valence electrons. The van der Waals surface area contributed by atoms with Crippen LogP contribution in [0.2, 0.25) is 0 Å². The number of carbonyl (C=O) groups is 1. The highest BCUT2D eigenvalue weighted by atomic mass is 16.8. The molecule has 0 saturated carbocycles. The van der Waals surface area contributed by atoms with Gasteiger partial charge in [-0.2, -0.15) is 0 Å². The molecule has 3 heterocycles. The minimum Gasteiger partial charge on any atom is -0.480 e. The summed E-state index contributed by atoms with van der Waals surface area (Å²) in [7, 11) is 0. The SMILES string of the molecule is CC1(C)OC=C([C@@H]2O[C@@H]3OC(C)(C)O[C@@H]3[C@H]2OCC(=O)O)O1. The maximum atomic E-state index is 10.8. The van der Waals surface area contributed by atoms with Crippen molar-refractivity contribution in [3.05, 3.63) is 12.0 Å². The Morgan fingerprint density at radius 2 is 2.00 bits per heavy atom. The van der Waals surface area contributed by atoms with E-state index in [0.29, 0.717) is 5.76 Å². The van der Waals surface area contributed by atoms with Crippen LogP contribution < -0.4 is 0 Å². The predicted octanol–water partition coefficient (Wildman–Crippen LogP) is 0.957. The maximum Gasteiger partial charge on any atom is 0.329 e. The van der Waals surface area contributed by atoms with E-state index < -0.39 is 48.8 Å². The third-order valence-corrected chi connectivity index (χ3v) is 3.49. The third kappa shape index (κ3) is 2.91. The lowest BCUT2D eigenvalue weighted by Crippen LogP contribution is -2.39. The molecule has 8 heteroatoms. The number of aliphatic carboxylic acids is 1. The van der Waals surface area contributed by atoms with Gasteiger partial charge in [-0.1, -0.05) is 0 Å². The number of hydrogen-bond donors (Lipinski definition) is 1. The second kappa shape index (κ2) is 5.09. The summed E-state index contributed by atoms with van der Waals surface area (Å²) in [5.74, 6) is -2.25. The first-order chi connectivity index (χ1) is 10.2. The van der Waals surface area contributed by atoms with Crippen LogP contribution >= 0.6 is 0 Å². The molecule has 3 rings (SSSR count). The van der Waals surface area contributed by atoms with Crippen molar-refractivity contribution in [3.8, 4) is 0 Å². The summed E-state index contributed by atoms with van der Waals surface area (Å²) in [4.78, 5) is 10.8. The zero-order valence-corrected chi connectivity index (χ0v) is 12.9. The van der Waals surface area contributed by atoms with Gasteiger partial charge in [-0.05, 0) is 13.8 Å². The summed E-state index contributed by atoms with van der Waals surface area (Å²) in [5, 5.41) is 8.84. The van der Waals surface area contributed by atoms with Gasteiger partial charge in [0.05, 0.1) is 0 Å². The van der Waals surface area contributed by atoms with Crippen LogP contribution in [0.25, 0.3) is 0 Å². The Labute approximate surface area is 127 Å². The molecule has 0 amide bonds. The van der Waals surface area contributed by atoms with E-state index in [-0.39, 0.29) is 0 Å². The molecule has 1 N–H and O–H groups in total. The zero-order chi connectivity index (χ0) is 16.1. The number of ether oxygens (including phenoxy) is 6. The third-order valence-electron chi connectivity index (χ3n) is 3.49. The van der Waals surface area contributed by atoms with E-state index in [1.807, 2.05) is 0 Å².